The molecule has 0 aromatic heterocycles. The zero-order valence-electron chi connectivity index (χ0n) is 25.9. The largest absolute Gasteiger partial charge is 0.370 e. The van der Waals surface area contributed by atoms with E-state index in [-0.39, 0.29) is 30.9 Å². The van der Waals surface area contributed by atoms with Crippen LogP contribution in [0.3, 0.4) is 0 Å². The number of hydrogen-bond donors (Lipinski definition) is 11. The van der Waals surface area contributed by atoms with Crippen molar-refractivity contribution in [2.24, 2.45) is 39.4 Å². The highest BCUT2D eigenvalue weighted by Crippen LogP contribution is 2.06. The summed E-state index contributed by atoms with van der Waals surface area (Å²) >= 11 is 0. The predicted octanol–water partition coefficient (Wildman–Crippen LogP) is -3.11. The van der Waals surface area contributed by atoms with Crippen LogP contribution in [0.15, 0.2) is 4.99 Å². The standard InChI is InChI=1S/C27H58N12O4/c1-19(24(41)37-20(17-30)9-7-16-35-27(32)33)36-25(42)22(10-4-6-14-29)39-26(43)21(11-8-15-34-18-31)38-23(40)12-3-2-5-13-28/h19-22,34H,2-18,28-31H2,1H3,(H,36,42)(H,37,41)(H,38,40)(H,39,43)(H4,32,33,35). The molecule has 0 aromatic carbocycles. The van der Waals surface area contributed by atoms with Crippen molar-refractivity contribution in [3.63, 3.8) is 0 Å². The van der Waals surface area contributed by atoms with E-state index in [9.17, 15) is 19.2 Å². The lowest BCUT2D eigenvalue weighted by atomic mass is 10.1. The Labute approximate surface area is 256 Å². The third kappa shape index (κ3) is 20.5. The molecule has 0 fully saturated rings. The van der Waals surface area contributed by atoms with Gasteiger partial charge in [-0.05, 0) is 84.3 Å². The fourth-order valence-corrected chi connectivity index (χ4v) is 4.21. The molecule has 16 heteroatoms. The van der Waals surface area contributed by atoms with E-state index in [1.54, 1.807) is 6.92 Å². The van der Waals surface area contributed by atoms with E-state index < -0.39 is 35.8 Å². The first-order valence-corrected chi connectivity index (χ1v) is 15.4. The fraction of sp³-hybridized carbons (Fsp3) is 0.815. The first kappa shape index (κ1) is 39.9. The van der Waals surface area contributed by atoms with Gasteiger partial charge in [0.25, 0.3) is 0 Å². The van der Waals surface area contributed by atoms with Gasteiger partial charge in [0, 0.05) is 32.2 Å². The number of carbonyl (C=O) groups excluding carboxylic acids is 4. The van der Waals surface area contributed by atoms with Gasteiger partial charge in [-0.2, -0.15) is 0 Å². The van der Waals surface area contributed by atoms with Crippen LogP contribution in [0.4, 0.5) is 0 Å². The zero-order chi connectivity index (χ0) is 32.5. The molecule has 4 unspecified atom stereocenters. The molecule has 16 nitrogen and oxygen atoms in total. The molecule has 0 aliphatic heterocycles. The molecule has 0 aromatic rings. The minimum absolute atomic E-state index is 0.00610. The summed E-state index contributed by atoms with van der Waals surface area (Å²) in [5.41, 5.74) is 33.1. The van der Waals surface area contributed by atoms with E-state index in [2.05, 4.69) is 31.6 Å². The van der Waals surface area contributed by atoms with Crippen molar-refractivity contribution in [3.8, 4) is 0 Å². The maximum atomic E-state index is 13.3. The Morgan fingerprint density at radius 3 is 1.93 bits per heavy atom. The molecule has 0 aliphatic carbocycles. The van der Waals surface area contributed by atoms with Crippen molar-refractivity contribution in [2.45, 2.75) is 102 Å². The van der Waals surface area contributed by atoms with Gasteiger partial charge in [-0.3, -0.25) is 24.2 Å². The number of aliphatic imine (C=N–C) groups is 1. The summed E-state index contributed by atoms with van der Waals surface area (Å²) in [5, 5.41) is 14.1. The number of carbonyl (C=O) groups is 4. The fourth-order valence-electron chi connectivity index (χ4n) is 4.21. The molecule has 0 spiro atoms. The average Bonchev–Trinajstić information content (AvgIpc) is 2.97. The Morgan fingerprint density at radius 1 is 0.674 bits per heavy atom. The first-order chi connectivity index (χ1) is 20.6. The van der Waals surface area contributed by atoms with Crippen LogP contribution < -0.4 is 61.0 Å². The number of nitrogens with two attached hydrogens (primary N) is 6. The Kier molecular flexibility index (Phi) is 23.6. The van der Waals surface area contributed by atoms with E-state index in [0.29, 0.717) is 84.2 Å². The Hall–Kier alpha value is -3.05. The number of nitrogens with zero attached hydrogens (tertiary/aromatic N) is 1. The first-order valence-electron chi connectivity index (χ1n) is 15.4. The monoisotopic (exact) mass is 614 g/mol. The van der Waals surface area contributed by atoms with Gasteiger partial charge < -0.3 is 61.0 Å². The number of hydrogen-bond acceptors (Lipinski definition) is 10. The lowest BCUT2D eigenvalue weighted by molar-refractivity contribution is -0.134. The molecule has 43 heavy (non-hydrogen) atoms. The molecule has 0 rings (SSSR count). The summed E-state index contributed by atoms with van der Waals surface area (Å²) in [7, 11) is 0. The van der Waals surface area contributed by atoms with Gasteiger partial charge in [-0.1, -0.05) is 6.42 Å². The van der Waals surface area contributed by atoms with Crippen molar-refractivity contribution >= 4 is 29.6 Å². The minimum Gasteiger partial charge on any atom is -0.370 e. The van der Waals surface area contributed by atoms with Crippen LogP contribution in [0.1, 0.15) is 77.6 Å². The molecule has 0 radical (unpaired) electrons. The SMILES string of the molecule is CC(NC(=O)C(CCCCN)NC(=O)C(CCCNCN)NC(=O)CCCCCN)C(=O)NC(CN)CCCN=C(N)N. The van der Waals surface area contributed by atoms with Crippen LogP contribution in [0.5, 0.6) is 0 Å². The minimum atomic E-state index is -0.926. The molecule has 0 bridgehead atoms. The number of amides is 4. The molecule has 0 saturated carbocycles. The number of nitrogens with one attached hydrogen (secondary N) is 5. The summed E-state index contributed by atoms with van der Waals surface area (Å²) < 4.78 is 0. The highest BCUT2D eigenvalue weighted by Gasteiger charge is 2.28. The van der Waals surface area contributed by atoms with Crippen molar-refractivity contribution in [2.75, 3.05) is 39.4 Å². The van der Waals surface area contributed by atoms with Gasteiger partial charge in [0.2, 0.25) is 23.6 Å². The van der Waals surface area contributed by atoms with Crippen LogP contribution >= 0.6 is 0 Å². The molecule has 0 heterocycles. The smallest absolute Gasteiger partial charge is 0.243 e. The van der Waals surface area contributed by atoms with Gasteiger partial charge >= 0.3 is 0 Å². The third-order valence-electron chi connectivity index (χ3n) is 6.72. The Bertz CT molecular complexity index is 826. The van der Waals surface area contributed by atoms with Crippen molar-refractivity contribution < 1.29 is 19.2 Å². The Balaban J connectivity index is 5.33. The summed E-state index contributed by atoms with van der Waals surface area (Å²) in [6.07, 6.45) is 6.24. The van der Waals surface area contributed by atoms with E-state index >= 15 is 0 Å². The van der Waals surface area contributed by atoms with Crippen molar-refractivity contribution in [1.29, 1.82) is 0 Å². The summed E-state index contributed by atoms with van der Waals surface area (Å²) in [6.45, 7) is 4.01. The van der Waals surface area contributed by atoms with Crippen LogP contribution in [-0.2, 0) is 19.2 Å². The summed E-state index contributed by atoms with van der Waals surface area (Å²) in [6, 6.07) is -2.98. The average molecular weight is 615 g/mol. The predicted molar refractivity (Wildman–Crippen MR) is 169 cm³/mol. The maximum Gasteiger partial charge on any atom is 0.243 e. The molecule has 0 saturated heterocycles. The summed E-state index contributed by atoms with van der Waals surface area (Å²) in [4.78, 5) is 55.8. The maximum absolute atomic E-state index is 13.3. The number of guanidine groups is 1. The topological polar surface area (TPSA) is 297 Å². The van der Waals surface area contributed by atoms with Crippen LogP contribution in [0, 0.1) is 0 Å². The second-order valence-corrected chi connectivity index (χ2v) is 10.5. The van der Waals surface area contributed by atoms with Crippen molar-refractivity contribution in [3.05, 3.63) is 0 Å². The van der Waals surface area contributed by atoms with Gasteiger partial charge in [0.15, 0.2) is 5.96 Å². The van der Waals surface area contributed by atoms with Crippen LogP contribution in [0.2, 0.25) is 0 Å². The lowest BCUT2D eigenvalue weighted by Crippen LogP contribution is -2.57. The highest BCUT2D eigenvalue weighted by molar-refractivity contribution is 5.94. The normalized spacial score (nSPS) is 13.7. The van der Waals surface area contributed by atoms with Gasteiger partial charge in [-0.25, -0.2) is 0 Å². The van der Waals surface area contributed by atoms with Gasteiger partial charge in [-0.15, -0.1) is 0 Å². The third-order valence-corrected chi connectivity index (χ3v) is 6.72. The van der Waals surface area contributed by atoms with E-state index in [1.807, 2.05) is 0 Å². The van der Waals surface area contributed by atoms with E-state index in [4.69, 9.17) is 34.4 Å². The highest BCUT2D eigenvalue weighted by atomic mass is 16.2. The van der Waals surface area contributed by atoms with E-state index in [0.717, 1.165) is 12.8 Å². The number of unbranched alkanes of at least 4 members (excludes halogenated alkanes) is 3. The van der Waals surface area contributed by atoms with Crippen molar-refractivity contribution in [1.82, 2.24) is 26.6 Å². The molecular weight excluding hydrogens is 556 g/mol. The van der Waals surface area contributed by atoms with E-state index in [1.165, 1.54) is 0 Å². The van der Waals surface area contributed by atoms with Crippen LogP contribution in [0.25, 0.3) is 0 Å². The molecule has 0 aliphatic rings. The Morgan fingerprint density at radius 2 is 1.30 bits per heavy atom. The second-order valence-electron chi connectivity index (χ2n) is 10.5. The molecule has 17 N–H and O–H groups in total. The number of rotatable bonds is 26. The molecule has 4 amide bonds. The molecular formula is C27H58N12O4. The van der Waals surface area contributed by atoms with Gasteiger partial charge in [0.05, 0.1) is 0 Å². The molecule has 4 atom stereocenters. The zero-order valence-corrected chi connectivity index (χ0v) is 25.9. The molecule has 250 valence electrons. The summed E-state index contributed by atoms with van der Waals surface area (Å²) in [5.74, 6) is -1.65. The lowest BCUT2D eigenvalue weighted by Gasteiger charge is -2.25. The second kappa shape index (κ2) is 25.4. The quantitative estimate of drug-likeness (QED) is 0.0200. The van der Waals surface area contributed by atoms with Crippen LogP contribution in [-0.4, -0.2) is 93.1 Å². The van der Waals surface area contributed by atoms with Gasteiger partial charge in [0.1, 0.15) is 18.1 Å².